The summed E-state index contributed by atoms with van der Waals surface area (Å²) in [6.07, 6.45) is 3.88. The zero-order chi connectivity index (χ0) is 14.4. The van der Waals surface area contributed by atoms with Crippen molar-refractivity contribution in [2.45, 2.75) is 45.7 Å². The topological polar surface area (TPSA) is 57.3 Å². The zero-order valence-electron chi connectivity index (χ0n) is 12.3. The lowest BCUT2D eigenvalue weighted by atomic mass is 10.0. The molecule has 1 aliphatic rings. The molecule has 20 heavy (non-hydrogen) atoms. The van der Waals surface area contributed by atoms with Crippen LogP contribution in [0.25, 0.3) is 0 Å². The minimum absolute atomic E-state index is 0.109. The van der Waals surface area contributed by atoms with E-state index in [1.54, 1.807) is 11.3 Å². The Bertz CT molecular complexity index is 435. The smallest absolute Gasteiger partial charge is 0.315 e. The van der Waals surface area contributed by atoms with E-state index in [1.165, 1.54) is 19.3 Å². The maximum atomic E-state index is 11.7. The minimum Gasteiger partial charge on any atom is -0.337 e. The number of thiazole rings is 1. The van der Waals surface area contributed by atoms with Crippen molar-refractivity contribution in [1.82, 2.24) is 20.5 Å². The molecule has 2 amide bonds. The van der Waals surface area contributed by atoms with E-state index in [0.29, 0.717) is 19.1 Å². The molecule has 112 valence electrons. The lowest BCUT2D eigenvalue weighted by Gasteiger charge is -2.33. The third-order valence-electron chi connectivity index (χ3n) is 3.69. The Hall–Kier alpha value is -1.14. The minimum atomic E-state index is -0.109. The quantitative estimate of drug-likeness (QED) is 0.875. The number of hydrogen-bond acceptors (Lipinski definition) is 4. The summed E-state index contributed by atoms with van der Waals surface area (Å²) < 4.78 is 0. The molecule has 1 aromatic heterocycles. The van der Waals surface area contributed by atoms with E-state index in [4.69, 9.17) is 0 Å². The van der Waals surface area contributed by atoms with Gasteiger partial charge in [-0.05, 0) is 33.2 Å². The molecular weight excluding hydrogens is 272 g/mol. The van der Waals surface area contributed by atoms with Gasteiger partial charge in [-0.15, -0.1) is 11.3 Å². The van der Waals surface area contributed by atoms with Crippen LogP contribution in [0.2, 0.25) is 0 Å². The van der Waals surface area contributed by atoms with Crippen LogP contribution in [0, 0.1) is 6.92 Å². The Kier molecular flexibility index (Phi) is 5.79. The highest BCUT2D eigenvalue weighted by atomic mass is 32.1. The third kappa shape index (κ3) is 4.76. The largest absolute Gasteiger partial charge is 0.337 e. The molecule has 5 nitrogen and oxygen atoms in total. The first-order chi connectivity index (χ1) is 9.65. The van der Waals surface area contributed by atoms with Gasteiger partial charge in [0.25, 0.3) is 0 Å². The number of aryl methyl sites for hydroxylation is 1. The SMILES string of the molecule is Cc1csc(CNC(=O)NCCN2CCCC[C@@H]2C)n1. The number of nitrogens with zero attached hydrogens (tertiary/aromatic N) is 2. The fraction of sp³-hybridized carbons (Fsp3) is 0.714. The standard InChI is InChI=1S/C14H24N4OS/c1-11-10-20-13(17-11)9-16-14(19)15-6-8-18-7-4-3-5-12(18)2/h10,12H,3-9H2,1-2H3,(H2,15,16,19)/t12-/m0/s1. The van der Waals surface area contributed by atoms with E-state index < -0.39 is 0 Å². The molecule has 0 radical (unpaired) electrons. The lowest BCUT2D eigenvalue weighted by Crippen LogP contribution is -2.44. The number of aromatic nitrogens is 1. The van der Waals surface area contributed by atoms with Crippen LogP contribution in [0.15, 0.2) is 5.38 Å². The van der Waals surface area contributed by atoms with E-state index in [1.807, 2.05) is 12.3 Å². The number of nitrogens with one attached hydrogen (secondary N) is 2. The highest BCUT2D eigenvalue weighted by Crippen LogP contribution is 2.15. The molecular formula is C14H24N4OS. The van der Waals surface area contributed by atoms with Gasteiger partial charge < -0.3 is 10.6 Å². The molecule has 1 atom stereocenters. The maximum absolute atomic E-state index is 11.7. The second kappa shape index (κ2) is 7.59. The molecule has 0 saturated carbocycles. The van der Waals surface area contributed by atoms with Gasteiger partial charge in [-0.2, -0.15) is 0 Å². The number of piperidine rings is 1. The molecule has 0 spiro atoms. The molecule has 2 heterocycles. The zero-order valence-corrected chi connectivity index (χ0v) is 13.1. The van der Waals surface area contributed by atoms with Gasteiger partial charge in [-0.1, -0.05) is 6.42 Å². The lowest BCUT2D eigenvalue weighted by molar-refractivity contribution is 0.161. The average molecular weight is 296 g/mol. The molecule has 2 N–H and O–H groups in total. The summed E-state index contributed by atoms with van der Waals surface area (Å²) in [5.74, 6) is 0. The van der Waals surface area contributed by atoms with Gasteiger partial charge in [-0.3, -0.25) is 4.90 Å². The Morgan fingerprint density at radius 3 is 3.05 bits per heavy atom. The van der Waals surface area contributed by atoms with Crippen LogP contribution in [0.5, 0.6) is 0 Å². The van der Waals surface area contributed by atoms with Crippen molar-refractivity contribution < 1.29 is 4.79 Å². The average Bonchev–Trinajstić information content (AvgIpc) is 2.84. The van der Waals surface area contributed by atoms with Crippen LogP contribution < -0.4 is 10.6 Å². The predicted octanol–water partition coefficient (Wildman–Crippen LogP) is 2.13. The van der Waals surface area contributed by atoms with Crippen LogP contribution in [0.4, 0.5) is 4.79 Å². The summed E-state index contributed by atoms with van der Waals surface area (Å²) in [5.41, 5.74) is 1.01. The van der Waals surface area contributed by atoms with E-state index >= 15 is 0 Å². The molecule has 1 aromatic rings. The van der Waals surface area contributed by atoms with Crippen LogP contribution in [-0.4, -0.2) is 41.6 Å². The molecule has 2 rings (SSSR count). The Morgan fingerprint density at radius 2 is 2.35 bits per heavy atom. The van der Waals surface area contributed by atoms with Crippen molar-refractivity contribution in [3.05, 3.63) is 16.1 Å². The molecule has 1 fully saturated rings. The number of rotatable bonds is 5. The summed E-state index contributed by atoms with van der Waals surface area (Å²) in [4.78, 5) is 18.4. The van der Waals surface area contributed by atoms with E-state index in [9.17, 15) is 4.79 Å². The third-order valence-corrected chi connectivity index (χ3v) is 4.66. The first-order valence-electron chi connectivity index (χ1n) is 7.32. The Labute approximate surface area is 124 Å². The highest BCUT2D eigenvalue weighted by molar-refractivity contribution is 7.09. The summed E-state index contributed by atoms with van der Waals surface area (Å²) in [5, 5.41) is 8.69. The fourth-order valence-electron chi connectivity index (χ4n) is 2.51. The van der Waals surface area contributed by atoms with E-state index in [-0.39, 0.29) is 6.03 Å². The van der Waals surface area contributed by atoms with Gasteiger partial charge in [-0.25, -0.2) is 9.78 Å². The Morgan fingerprint density at radius 1 is 1.50 bits per heavy atom. The van der Waals surface area contributed by atoms with Crippen molar-refractivity contribution in [1.29, 1.82) is 0 Å². The fourth-order valence-corrected chi connectivity index (χ4v) is 3.22. The van der Waals surface area contributed by atoms with Crippen LogP contribution in [0.3, 0.4) is 0 Å². The molecule has 6 heteroatoms. The number of amides is 2. The first-order valence-corrected chi connectivity index (χ1v) is 8.20. The number of likely N-dealkylation sites (tertiary alicyclic amines) is 1. The van der Waals surface area contributed by atoms with Gasteiger partial charge in [0.15, 0.2) is 0 Å². The molecule has 0 aromatic carbocycles. The van der Waals surface area contributed by atoms with Gasteiger partial charge in [0.05, 0.1) is 6.54 Å². The highest BCUT2D eigenvalue weighted by Gasteiger charge is 2.17. The Balaban J connectivity index is 1.60. The van der Waals surface area contributed by atoms with E-state index in [0.717, 1.165) is 23.8 Å². The molecule has 1 saturated heterocycles. The first kappa shape index (κ1) is 15.3. The predicted molar refractivity (Wildman–Crippen MR) is 82.0 cm³/mol. The molecule has 0 unspecified atom stereocenters. The van der Waals surface area contributed by atoms with Crippen LogP contribution in [-0.2, 0) is 6.54 Å². The number of urea groups is 1. The van der Waals surface area contributed by atoms with Crippen molar-refractivity contribution in [3.8, 4) is 0 Å². The van der Waals surface area contributed by atoms with Gasteiger partial charge >= 0.3 is 6.03 Å². The normalized spacial score (nSPS) is 19.8. The van der Waals surface area contributed by atoms with Gasteiger partial charge in [0.1, 0.15) is 5.01 Å². The monoisotopic (exact) mass is 296 g/mol. The van der Waals surface area contributed by atoms with Gasteiger partial charge in [0.2, 0.25) is 0 Å². The molecule has 1 aliphatic heterocycles. The molecule has 0 bridgehead atoms. The van der Waals surface area contributed by atoms with Crippen molar-refractivity contribution >= 4 is 17.4 Å². The van der Waals surface area contributed by atoms with Crippen LogP contribution in [0.1, 0.15) is 36.9 Å². The number of carbonyl (C=O) groups is 1. The summed E-state index contributed by atoms with van der Waals surface area (Å²) >= 11 is 1.58. The van der Waals surface area contributed by atoms with Crippen molar-refractivity contribution in [2.75, 3.05) is 19.6 Å². The second-order valence-corrected chi connectivity index (χ2v) is 6.32. The number of carbonyl (C=O) groups excluding carboxylic acids is 1. The van der Waals surface area contributed by atoms with Crippen molar-refractivity contribution in [2.24, 2.45) is 0 Å². The summed E-state index contributed by atoms with van der Waals surface area (Å²) in [6, 6.07) is 0.537. The second-order valence-electron chi connectivity index (χ2n) is 5.37. The maximum Gasteiger partial charge on any atom is 0.315 e. The van der Waals surface area contributed by atoms with E-state index in [2.05, 4.69) is 27.4 Å². The van der Waals surface area contributed by atoms with Crippen LogP contribution >= 0.6 is 11.3 Å². The summed E-state index contributed by atoms with van der Waals surface area (Å²) in [6.45, 7) is 7.52. The summed E-state index contributed by atoms with van der Waals surface area (Å²) in [7, 11) is 0. The van der Waals surface area contributed by atoms with Crippen molar-refractivity contribution in [3.63, 3.8) is 0 Å². The molecule has 0 aliphatic carbocycles. The van der Waals surface area contributed by atoms with Gasteiger partial charge in [0, 0.05) is 30.2 Å². The number of hydrogen-bond donors (Lipinski definition) is 2.